The molecule has 4 unspecified atom stereocenters. The van der Waals surface area contributed by atoms with E-state index in [1.54, 1.807) is 50.1 Å². The van der Waals surface area contributed by atoms with Gasteiger partial charge in [-0.05, 0) is 99.8 Å². The number of benzene rings is 6. The van der Waals surface area contributed by atoms with Gasteiger partial charge in [-0.1, -0.05) is 152 Å². The molecule has 1 aliphatic carbocycles. The molecule has 4 amide bonds. The molecule has 2 aliphatic heterocycles. The van der Waals surface area contributed by atoms with Gasteiger partial charge >= 0.3 is 19.6 Å². The van der Waals surface area contributed by atoms with E-state index < -0.39 is 87.1 Å². The number of allylic oxidation sites excluding steroid dienone is 4. The number of fused-ring (bicyclic) bond motifs is 2. The third-order valence-electron chi connectivity index (χ3n) is 18.7. The van der Waals surface area contributed by atoms with Gasteiger partial charge in [-0.2, -0.15) is 10.2 Å². The zero-order valence-corrected chi connectivity index (χ0v) is 60.6. The van der Waals surface area contributed by atoms with Crippen LogP contribution >= 0.6 is 7.82 Å². The summed E-state index contributed by atoms with van der Waals surface area (Å²) < 4.78 is 74.1. The normalized spacial score (nSPS) is 19.4. The van der Waals surface area contributed by atoms with Crippen molar-refractivity contribution in [2.24, 2.45) is 0 Å². The maximum atomic E-state index is 15.4. The number of nitrogens with zero attached hydrogens (tertiary/aromatic N) is 8. The molecule has 4 N–H and O–H groups in total. The highest BCUT2D eigenvalue weighted by atomic mass is 31.2. The van der Waals surface area contributed by atoms with Gasteiger partial charge in [0.2, 0.25) is 11.8 Å². The number of anilines is 2. The molecule has 0 saturated carbocycles. The molecule has 0 bridgehead atoms. The van der Waals surface area contributed by atoms with Crippen molar-refractivity contribution < 1.29 is 70.8 Å². The molecule has 6 aromatic carbocycles. The third kappa shape index (κ3) is 18.7. The molecule has 12 rings (SSSR count). The van der Waals surface area contributed by atoms with Gasteiger partial charge in [0, 0.05) is 57.1 Å². The van der Waals surface area contributed by atoms with Gasteiger partial charge in [-0.3, -0.25) is 37.1 Å². The summed E-state index contributed by atoms with van der Waals surface area (Å²) >= 11 is 0. The van der Waals surface area contributed by atoms with Crippen molar-refractivity contribution in [3.8, 4) is 17.6 Å². The largest absolute Gasteiger partial charge is 0.497 e. The van der Waals surface area contributed by atoms with E-state index in [1.165, 1.54) is 29.8 Å². The zero-order valence-electron chi connectivity index (χ0n) is 59.7. The summed E-state index contributed by atoms with van der Waals surface area (Å²) in [6.45, 7) is 3.47. The number of phosphoric ester groups is 1. The molecule has 5 heterocycles. The number of hydrogen-bond donors (Lipinski definition) is 4. The van der Waals surface area contributed by atoms with Gasteiger partial charge in [0.25, 0.3) is 5.91 Å². The van der Waals surface area contributed by atoms with Crippen LogP contribution in [-0.2, 0) is 71.7 Å². The molecule has 2 fully saturated rings. The number of nitrogens with one attached hydrogen (secondary N) is 3. The highest BCUT2D eigenvalue weighted by Gasteiger charge is 2.48. The van der Waals surface area contributed by atoms with Gasteiger partial charge in [0.1, 0.15) is 66.6 Å². The molecule has 28 heteroatoms. The maximum Gasteiger partial charge on any atom is 0.475 e. The molecule has 2 saturated heterocycles. The summed E-state index contributed by atoms with van der Waals surface area (Å²) in [5.41, 5.74) is 5.23. The zero-order chi connectivity index (χ0) is 75.6. The lowest BCUT2D eigenvalue weighted by Gasteiger charge is -2.37. The number of aromatic nitrogens is 6. The Kier molecular flexibility index (Phi) is 25.3. The second kappa shape index (κ2) is 35.9. The Hall–Kier alpha value is -11.3. The Morgan fingerprint density at radius 3 is 2.15 bits per heavy atom. The number of phosphoric acid groups is 1. The van der Waals surface area contributed by atoms with Crippen LogP contribution in [0.4, 0.5) is 16.4 Å². The lowest BCUT2D eigenvalue weighted by molar-refractivity contribution is -0.120. The van der Waals surface area contributed by atoms with Crippen molar-refractivity contribution in [1.82, 2.24) is 39.3 Å². The molecular formula is C80H82N11O16P. The summed E-state index contributed by atoms with van der Waals surface area (Å²) in [5, 5.41) is 29.6. The smallest absolute Gasteiger partial charge is 0.475 e. The molecule has 0 spiro atoms. The molecule has 0 radical (unpaired) electrons. The van der Waals surface area contributed by atoms with Crippen LogP contribution in [0.3, 0.4) is 0 Å². The van der Waals surface area contributed by atoms with E-state index in [-0.39, 0.29) is 99.5 Å². The van der Waals surface area contributed by atoms with Gasteiger partial charge < -0.3 is 54.4 Å². The topological polar surface area (TPSA) is 330 Å². The van der Waals surface area contributed by atoms with Crippen LogP contribution in [0.2, 0.25) is 0 Å². The Labute approximate surface area is 623 Å². The number of carbonyl (C=O) groups excluding carboxylic acids is 4. The van der Waals surface area contributed by atoms with E-state index in [4.69, 9.17) is 42.0 Å². The van der Waals surface area contributed by atoms with Crippen molar-refractivity contribution in [2.45, 2.75) is 99.9 Å². The molecule has 558 valence electrons. The second-order valence-corrected chi connectivity index (χ2v) is 27.5. The molecule has 8 atom stereocenters. The fourth-order valence-electron chi connectivity index (χ4n) is 13.0. The summed E-state index contributed by atoms with van der Waals surface area (Å²) in [6, 6.07) is 51.9. The van der Waals surface area contributed by atoms with E-state index in [2.05, 4.69) is 48.5 Å². The molecule has 3 aromatic heterocycles. The Morgan fingerprint density at radius 2 is 1.44 bits per heavy atom. The Bertz CT molecular complexity index is 4800. The van der Waals surface area contributed by atoms with E-state index in [1.807, 2.05) is 158 Å². The Balaban J connectivity index is 0.734. The van der Waals surface area contributed by atoms with Crippen molar-refractivity contribution >= 4 is 54.4 Å². The van der Waals surface area contributed by atoms with Crippen LogP contribution in [0.15, 0.2) is 224 Å². The van der Waals surface area contributed by atoms with E-state index in [0.29, 0.717) is 28.2 Å². The minimum absolute atomic E-state index is 0.0198. The second-order valence-electron chi connectivity index (χ2n) is 25.8. The van der Waals surface area contributed by atoms with E-state index in [0.717, 1.165) is 44.4 Å². The van der Waals surface area contributed by atoms with Crippen LogP contribution in [-0.4, -0.2) is 142 Å². The number of nitriles is 1. The fourth-order valence-corrected chi connectivity index (χ4v) is 14.4. The first kappa shape index (κ1) is 76.3. The summed E-state index contributed by atoms with van der Waals surface area (Å²) in [5.74, 6) is -0.132. The Morgan fingerprint density at radius 1 is 0.750 bits per heavy atom. The predicted molar refractivity (Wildman–Crippen MR) is 398 cm³/mol. The highest BCUT2D eigenvalue weighted by molar-refractivity contribution is 7.48. The first-order valence-corrected chi connectivity index (χ1v) is 36.6. The standard InChI is InChI=1S/C80H82N11O16P/c1-53-18-8-5-11-21-56-22-14-15-25-63(56)64(53)48-101-79(97)89(2)41-16-26-70(93)86-69-39-42-90(78(96)87-69)72-45-65(92)67(105-72)50-104-108(98,103-43-17-40-81)107-66-46-73(106-68(66)49-102-80(58-23-12-7-13-24-58,59-31-35-61(99-3)36-32-59)60-33-37-62(100-4)38-34-60)91-52-85-74-75(83-51-84-76(74)91)88-77(95)57-29-27-55(28-30-57)47-82-71(94)44-54-19-9-6-10-20-54/h5-15,18-20,22-25,27-39,42,51-52,64-68,72-73,92H,1,16-17,21,26,41,43-50H2,2-4H3,(H,82,94)(H,83,84,88,95)(H,86,87,93,96)/b11-5-,18-8-/t64?,65?,66?,67-,68-,72-,73-,108?/m1/s1. The van der Waals surface area contributed by atoms with Crippen LogP contribution in [0.25, 0.3) is 11.2 Å². The minimum atomic E-state index is -4.84. The average Bonchev–Trinajstić information content (AvgIpc) is 0.868. The fraction of sp³-hybridized carbons (Fsp3) is 0.300. The van der Waals surface area contributed by atoms with Gasteiger partial charge in [0.15, 0.2) is 17.0 Å². The molecule has 9 aromatic rings. The average molecular weight is 1480 g/mol. The number of amides is 4. The number of ether oxygens (including phenoxy) is 6. The quantitative estimate of drug-likeness (QED) is 0.0178. The first-order valence-electron chi connectivity index (χ1n) is 35.2. The van der Waals surface area contributed by atoms with Crippen LogP contribution < -0.4 is 31.1 Å². The molecular weight excluding hydrogens is 1400 g/mol. The number of imidazole rings is 1. The first-order chi connectivity index (χ1) is 52.5. The number of rotatable bonds is 31. The van der Waals surface area contributed by atoms with Crippen LogP contribution in [0.5, 0.6) is 11.5 Å². The number of aliphatic hydroxyl groups excluding tert-OH is 1. The molecule has 27 nitrogen and oxygen atoms in total. The predicted octanol–water partition coefficient (Wildman–Crippen LogP) is 11.4. The number of hydrogen-bond acceptors (Lipinski definition) is 21. The third-order valence-corrected chi connectivity index (χ3v) is 20.2. The lowest BCUT2D eigenvalue weighted by atomic mass is 9.80. The van der Waals surface area contributed by atoms with E-state index in [9.17, 15) is 34.3 Å². The van der Waals surface area contributed by atoms with Crippen molar-refractivity contribution in [3.63, 3.8) is 0 Å². The maximum absolute atomic E-state index is 15.4. The SMILES string of the molecule is C=C1/C=C\C=C/Cc2ccccc2C1COC(=O)N(C)CCCC(=O)Nc1ccn([C@H]2CC(O)[C@@H](COP(=O)(OCCC#N)OC3C[C@H](n4cnc5c(NC(=O)c6ccc(CNC(=O)Cc7ccccc7)cc6)ncnc54)O[C@@H]3COC(c3ccccc3)(c3ccc(OC)cc3)c3ccc(OC)cc3)O2)c(=O)n1. The van der Waals surface area contributed by atoms with Crippen LogP contribution in [0, 0.1) is 11.3 Å². The van der Waals surface area contributed by atoms with Gasteiger partial charge in [-0.15, -0.1) is 0 Å². The molecule has 3 aliphatic rings. The van der Waals surface area contributed by atoms with Gasteiger partial charge in [-0.25, -0.2) is 29.1 Å². The number of methoxy groups -OCH3 is 2. The number of carbonyl (C=O) groups is 4. The monoisotopic (exact) mass is 1480 g/mol. The van der Waals surface area contributed by atoms with Crippen LogP contribution in [0.1, 0.15) is 99.8 Å². The molecule has 108 heavy (non-hydrogen) atoms. The minimum Gasteiger partial charge on any atom is -0.497 e. The van der Waals surface area contributed by atoms with E-state index >= 15 is 4.57 Å². The van der Waals surface area contributed by atoms with Crippen molar-refractivity contribution in [3.05, 3.63) is 274 Å². The van der Waals surface area contributed by atoms with Crippen molar-refractivity contribution in [1.29, 1.82) is 5.26 Å². The summed E-state index contributed by atoms with van der Waals surface area (Å²) in [7, 11) is -0.119. The number of aliphatic hydroxyl groups is 1. The lowest BCUT2D eigenvalue weighted by Crippen LogP contribution is -2.38. The highest BCUT2D eigenvalue weighted by Crippen LogP contribution is 2.55. The van der Waals surface area contributed by atoms with Gasteiger partial charge in [0.05, 0.1) is 65.4 Å². The summed E-state index contributed by atoms with van der Waals surface area (Å²) in [4.78, 5) is 85.6. The summed E-state index contributed by atoms with van der Waals surface area (Å²) in [6.07, 6.45) is 5.12. The van der Waals surface area contributed by atoms with Crippen molar-refractivity contribution in [2.75, 3.05) is 64.9 Å².